The number of alkyl halides is 3. The molecular weight excluding hydrogens is 535 g/mol. The molecular formula is C27H28F3N3O5S. The lowest BCUT2D eigenvalue weighted by molar-refractivity contribution is -0.138. The maximum absolute atomic E-state index is 13.3. The molecule has 0 saturated carbocycles. The van der Waals surface area contributed by atoms with Crippen molar-refractivity contribution in [2.24, 2.45) is 0 Å². The number of methoxy groups -OCH3 is 1. The van der Waals surface area contributed by atoms with Crippen LogP contribution in [0.25, 0.3) is 10.1 Å². The molecule has 2 aromatic carbocycles. The summed E-state index contributed by atoms with van der Waals surface area (Å²) in [6, 6.07) is 10.5. The Hall–Kier alpha value is -4.03. The van der Waals surface area contributed by atoms with Crippen molar-refractivity contribution >= 4 is 33.1 Å². The summed E-state index contributed by atoms with van der Waals surface area (Å²) in [5.41, 5.74) is 6.62. The van der Waals surface area contributed by atoms with Crippen molar-refractivity contribution < 1.29 is 37.3 Å². The number of anilines is 1. The highest BCUT2D eigenvalue weighted by Gasteiger charge is 2.34. The molecule has 0 aliphatic heterocycles. The van der Waals surface area contributed by atoms with Gasteiger partial charge in [0, 0.05) is 29.8 Å². The molecule has 4 N–H and O–H groups in total. The smallest absolute Gasteiger partial charge is 0.419 e. The number of aliphatic hydroxyl groups excluding tert-OH is 1. The van der Waals surface area contributed by atoms with Crippen molar-refractivity contribution in [3.63, 3.8) is 0 Å². The van der Waals surface area contributed by atoms with Crippen LogP contribution in [0.5, 0.6) is 17.2 Å². The Bertz CT molecular complexity index is 1440. The number of nitrogens with two attached hydrogens (primary N) is 1. The molecule has 4 rings (SSSR count). The number of nitrogens with zero attached hydrogens (tertiary/aromatic N) is 1. The van der Waals surface area contributed by atoms with Crippen LogP contribution in [0.15, 0.2) is 54.0 Å². The van der Waals surface area contributed by atoms with Crippen LogP contribution in [0, 0.1) is 0 Å². The van der Waals surface area contributed by atoms with Gasteiger partial charge in [0.2, 0.25) is 0 Å². The molecule has 4 aromatic rings. The number of hydrogen-bond donors (Lipinski definition) is 3. The molecule has 0 radical (unpaired) electrons. The van der Waals surface area contributed by atoms with Crippen molar-refractivity contribution in [1.82, 2.24) is 10.3 Å². The number of fused-ring (bicyclic) bond motifs is 1. The lowest BCUT2D eigenvalue weighted by Crippen LogP contribution is -2.26. The first kappa shape index (κ1) is 29.5. The van der Waals surface area contributed by atoms with E-state index in [-0.39, 0.29) is 51.3 Å². The predicted octanol–water partition coefficient (Wildman–Crippen LogP) is 5.42. The number of aromatic nitrogens is 1. The first-order valence-corrected chi connectivity index (χ1v) is 12.2. The van der Waals surface area contributed by atoms with Crippen LogP contribution in [0.2, 0.25) is 0 Å². The molecule has 2 aromatic heterocycles. The van der Waals surface area contributed by atoms with E-state index < -0.39 is 11.7 Å². The zero-order valence-corrected chi connectivity index (χ0v) is 21.0. The van der Waals surface area contributed by atoms with Gasteiger partial charge < -0.3 is 30.4 Å². The van der Waals surface area contributed by atoms with Gasteiger partial charge in [-0.2, -0.15) is 13.2 Å². The van der Waals surface area contributed by atoms with Gasteiger partial charge in [-0.1, -0.05) is 19.6 Å². The normalized spacial score (nSPS) is 11.1. The number of amides is 1. The highest BCUT2D eigenvalue weighted by atomic mass is 32.1. The molecule has 0 saturated heterocycles. The van der Waals surface area contributed by atoms with Crippen LogP contribution in [0.4, 0.5) is 19.0 Å². The van der Waals surface area contributed by atoms with Crippen molar-refractivity contribution in [3.8, 4) is 17.2 Å². The summed E-state index contributed by atoms with van der Waals surface area (Å²) < 4.78 is 56.9. The molecule has 0 fully saturated rings. The molecule has 0 aliphatic rings. The van der Waals surface area contributed by atoms with E-state index in [9.17, 15) is 18.0 Å². The maximum atomic E-state index is 13.3. The van der Waals surface area contributed by atoms with Gasteiger partial charge in [0.05, 0.1) is 29.5 Å². The van der Waals surface area contributed by atoms with Crippen molar-refractivity contribution in [2.45, 2.75) is 26.8 Å². The molecule has 0 aliphatic carbocycles. The van der Waals surface area contributed by atoms with E-state index in [0.717, 1.165) is 11.6 Å². The van der Waals surface area contributed by atoms with Gasteiger partial charge in [-0.25, -0.2) is 4.98 Å². The molecule has 2 heterocycles. The fraction of sp³-hybridized carbons (Fsp3) is 0.259. The van der Waals surface area contributed by atoms with E-state index in [0.29, 0.717) is 32.7 Å². The van der Waals surface area contributed by atoms with E-state index in [4.69, 9.17) is 25.1 Å². The summed E-state index contributed by atoms with van der Waals surface area (Å²) in [6.07, 6.45) is -3.16. The molecule has 8 nitrogen and oxygen atoms in total. The van der Waals surface area contributed by atoms with Gasteiger partial charge in [-0.3, -0.25) is 4.79 Å². The fourth-order valence-electron chi connectivity index (χ4n) is 3.71. The number of pyridine rings is 1. The number of aliphatic hydroxyl groups is 1. The highest BCUT2D eigenvalue weighted by molar-refractivity contribution is 7.17. The van der Waals surface area contributed by atoms with E-state index in [1.165, 1.54) is 36.8 Å². The van der Waals surface area contributed by atoms with E-state index in [1.54, 1.807) is 24.3 Å². The quantitative estimate of drug-likeness (QED) is 0.236. The Balaban J connectivity index is 0.00000420. The Labute approximate surface area is 227 Å². The molecule has 12 heteroatoms. The van der Waals surface area contributed by atoms with Crippen molar-refractivity contribution in [2.75, 3.05) is 26.0 Å². The molecule has 1 amide bonds. The zero-order chi connectivity index (χ0) is 27.3. The third-order valence-corrected chi connectivity index (χ3v) is 6.58. The van der Waals surface area contributed by atoms with Crippen molar-refractivity contribution in [3.05, 3.63) is 76.3 Å². The second-order valence-electron chi connectivity index (χ2n) is 8.09. The lowest BCUT2D eigenvalue weighted by atomic mass is 10.1. The number of halogens is 3. The molecule has 208 valence electrons. The molecule has 0 atom stereocenters. The van der Waals surface area contributed by atoms with E-state index >= 15 is 0 Å². The van der Waals surface area contributed by atoms with Gasteiger partial charge in [0.15, 0.2) is 0 Å². The van der Waals surface area contributed by atoms with Gasteiger partial charge >= 0.3 is 6.18 Å². The Morgan fingerprint density at radius 3 is 2.51 bits per heavy atom. The summed E-state index contributed by atoms with van der Waals surface area (Å²) in [5, 5.41) is 14.0. The lowest BCUT2D eigenvalue weighted by Gasteiger charge is -2.14. The van der Waals surface area contributed by atoms with E-state index in [2.05, 4.69) is 10.3 Å². The number of nitrogen functional groups attached to an aromatic ring is 1. The van der Waals surface area contributed by atoms with Gasteiger partial charge in [0.25, 0.3) is 5.91 Å². The average molecular weight is 564 g/mol. The monoisotopic (exact) mass is 563 g/mol. The average Bonchev–Trinajstić information content (AvgIpc) is 3.34. The number of carbonyl (C=O) groups is 1. The van der Waals surface area contributed by atoms with Crippen molar-refractivity contribution in [1.29, 1.82) is 0 Å². The SMILES string of the molecule is C.COc1ccc(COc2cccc(OCc3csc4c(C(=O)NCCO)cnc(N)c34)c2)cc1C(F)(F)F. The number of nitrogens with one attached hydrogen (secondary N) is 1. The second-order valence-corrected chi connectivity index (χ2v) is 8.97. The van der Waals surface area contributed by atoms with Crippen LogP contribution in [0.1, 0.15) is 34.5 Å². The summed E-state index contributed by atoms with van der Waals surface area (Å²) in [6.45, 7) is -0.0236. The first-order chi connectivity index (χ1) is 18.2. The standard InChI is InChI=1S/C26H24F3N3O5S.CH4/c1-35-21-6-5-15(9-20(21)26(27,28)29)12-36-17-3-2-4-18(10-17)37-13-16-14-38-23-19(25(34)31-7-8-33)11-32-24(30)22(16)23;/h2-6,9-11,14,33H,7-8,12-13H2,1H3,(H2,30,32)(H,31,34);1H4. The van der Waals surface area contributed by atoms with E-state index in [1.807, 2.05) is 5.38 Å². The van der Waals surface area contributed by atoms with Crippen LogP contribution >= 0.6 is 11.3 Å². The van der Waals surface area contributed by atoms with Gasteiger partial charge in [-0.15, -0.1) is 11.3 Å². The minimum absolute atomic E-state index is 0. The highest BCUT2D eigenvalue weighted by Crippen LogP contribution is 2.37. The molecule has 0 bridgehead atoms. The summed E-state index contributed by atoms with van der Waals surface area (Å²) >= 11 is 1.33. The fourth-order valence-corrected chi connectivity index (χ4v) is 4.78. The third-order valence-electron chi connectivity index (χ3n) is 5.52. The van der Waals surface area contributed by atoms with Crippen LogP contribution in [-0.2, 0) is 19.4 Å². The Morgan fingerprint density at radius 1 is 1.13 bits per heavy atom. The summed E-state index contributed by atoms with van der Waals surface area (Å²) in [5.74, 6) is 0.511. The van der Waals surface area contributed by atoms with Crippen LogP contribution in [0.3, 0.4) is 0 Å². The molecule has 0 spiro atoms. The van der Waals surface area contributed by atoms with Gasteiger partial charge in [-0.05, 0) is 35.2 Å². The minimum Gasteiger partial charge on any atom is -0.496 e. The largest absolute Gasteiger partial charge is 0.496 e. The molecule has 0 unspecified atom stereocenters. The topological polar surface area (TPSA) is 116 Å². The summed E-state index contributed by atoms with van der Waals surface area (Å²) in [7, 11) is 1.19. The number of thiophene rings is 1. The first-order valence-electron chi connectivity index (χ1n) is 11.3. The summed E-state index contributed by atoms with van der Waals surface area (Å²) in [4.78, 5) is 16.5. The Kier molecular flexibility index (Phi) is 9.60. The van der Waals surface area contributed by atoms with Crippen LogP contribution < -0.4 is 25.3 Å². The zero-order valence-electron chi connectivity index (χ0n) is 20.2. The number of carbonyl (C=O) groups excluding carboxylic acids is 1. The second kappa shape index (κ2) is 12.7. The number of ether oxygens (including phenoxy) is 3. The number of benzene rings is 2. The molecule has 39 heavy (non-hydrogen) atoms. The third kappa shape index (κ3) is 6.89. The maximum Gasteiger partial charge on any atom is 0.419 e. The van der Waals surface area contributed by atoms with Crippen LogP contribution in [-0.4, -0.2) is 36.3 Å². The predicted molar refractivity (Wildman–Crippen MR) is 143 cm³/mol. The Morgan fingerprint density at radius 2 is 1.85 bits per heavy atom. The minimum atomic E-state index is -4.55. The number of rotatable bonds is 10. The van der Waals surface area contributed by atoms with Gasteiger partial charge in [0.1, 0.15) is 36.3 Å². The number of hydrogen-bond acceptors (Lipinski definition) is 8.